The molecule has 0 heterocycles. The summed E-state index contributed by atoms with van der Waals surface area (Å²) in [6.07, 6.45) is 2.06. The second kappa shape index (κ2) is 4.97. The maximum Gasteiger partial charge on any atom is 0.294 e. The molecule has 0 aromatic heterocycles. The molecule has 0 aliphatic heterocycles. The lowest BCUT2D eigenvalue weighted by Gasteiger charge is -2.12. The summed E-state index contributed by atoms with van der Waals surface area (Å²) in [5, 5.41) is 0. The molecular weight excluding hydrogens is 224 g/mol. The van der Waals surface area contributed by atoms with Crippen molar-refractivity contribution in [3.05, 3.63) is 29.3 Å². The number of benzene rings is 1. The van der Waals surface area contributed by atoms with Gasteiger partial charge in [0, 0.05) is 0 Å². The highest BCUT2D eigenvalue weighted by Crippen LogP contribution is 2.25. The zero-order valence-electron chi connectivity index (χ0n) is 9.90. The first-order valence-electron chi connectivity index (χ1n) is 5.44. The van der Waals surface area contributed by atoms with Gasteiger partial charge in [-0.15, -0.1) is 0 Å². The van der Waals surface area contributed by atoms with Crippen molar-refractivity contribution >= 4 is 10.1 Å². The van der Waals surface area contributed by atoms with Crippen LogP contribution in [0.4, 0.5) is 0 Å². The molecule has 1 atom stereocenters. The van der Waals surface area contributed by atoms with E-state index in [1.165, 1.54) is 0 Å². The molecule has 1 aromatic carbocycles. The van der Waals surface area contributed by atoms with E-state index in [0.717, 1.165) is 18.4 Å². The van der Waals surface area contributed by atoms with Crippen LogP contribution in [0.3, 0.4) is 0 Å². The molecule has 1 N–H and O–H groups in total. The average Bonchev–Trinajstić information content (AvgIpc) is 2.16. The van der Waals surface area contributed by atoms with Gasteiger partial charge in [-0.1, -0.05) is 32.4 Å². The molecular formula is C12H18O3S. The third-order valence-electron chi connectivity index (χ3n) is 2.78. The van der Waals surface area contributed by atoms with E-state index in [1.54, 1.807) is 19.1 Å². The first-order valence-corrected chi connectivity index (χ1v) is 6.88. The average molecular weight is 242 g/mol. The molecule has 0 saturated carbocycles. The lowest BCUT2D eigenvalue weighted by Crippen LogP contribution is -2.03. The van der Waals surface area contributed by atoms with Crippen LogP contribution in [-0.2, 0) is 10.1 Å². The lowest BCUT2D eigenvalue weighted by atomic mass is 9.96. The number of aryl methyl sites for hydroxylation is 1. The molecule has 0 fully saturated rings. The van der Waals surface area contributed by atoms with Crippen molar-refractivity contribution in [2.24, 2.45) is 0 Å². The molecule has 1 rings (SSSR count). The van der Waals surface area contributed by atoms with Crippen LogP contribution in [0.25, 0.3) is 0 Å². The normalized spacial score (nSPS) is 13.8. The van der Waals surface area contributed by atoms with Crippen molar-refractivity contribution in [3.63, 3.8) is 0 Å². The van der Waals surface area contributed by atoms with Gasteiger partial charge < -0.3 is 0 Å². The fourth-order valence-corrected chi connectivity index (χ4v) is 2.56. The summed E-state index contributed by atoms with van der Waals surface area (Å²) < 4.78 is 31.4. The van der Waals surface area contributed by atoms with Crippen LogP contribution in [0.5, 0.6) is 0 Å². The summed E-state index contributed by atoms with van der Waals surface area (Å²) in [4.78, 5) is 0.0213. The highest BCUT2D eigenvalue weighted by Gasteiger charge is 2.15. The van der Waals surface area contributed by atoms with Crippen molar-refractivity contribution in [2.45, 2.75) is 44.4 Å². The van der Waals surface area contributed by atoms with Gasteiger partial charge in [0.15, 0.2) is 0 Å². The first-order chi connectivity index (χ1) is 7.36. The summed E-state index contributed by atoms with van der Waals surface area (Å²) in [7, 11) is -4.10. The van der Waals surface area contributed by atoms with E-state index in [2.05, 4.69) is 13.8 Å². The molecule has 0 radical (unpaired) electrons. The van der Waals surface area contributed by atoms with Crippen molar-refractivity contribution in [1.82, 2.24) is 0 Å². The molecule has 1 aromatic rings. The smallest absolute Gasteiger partial charge is 0.282 e. The minimum atomic E-state index is -4.10. The van der Waals surface area contributed by atoms with Gasteiger partial charge in [-0.25, -0.2) is 0 Å². The van der Waals surface area contributed by atoms with Crippen molar-refractivity contribution in [2.75, 3.05) is 0 Å². The van der Waals surface area contributed by atoms with Crippen LogP contribution in [0.15, 0.2) is 23.1 Å². The monoisotopic (exact) mass is 242 g/mol. The van der Waals surface area contributed by atoms with Crippen LogP contribution in [0.1, 0.15) is 43.7 Å². The van der Waals surface area contributed by atoms with Gasteiger partial charge in [-0.2, -0.15) is 8.42 Å². The van der Waals surface area contributed by atoms with Crippen LogP contribution in [0.2, 0.25) is 0 Å². The maximum atomic E-state index is 11.1. The Balaban J connectivity index is 3.18. The second-order valence-corrected chi connectivity index (χ2v) is 5.58. The molecule has 0 aliphatic rings. The molecule has 0 saturated heterocycles. The van der Waals surface area contributed by atoms with E-state index >= 15 is 0 Å². The molecule has 90 valence electrons. The van der Waals surface area contributed by atoms with E-state index < -0.39 is 10.1 Å². The van der Waals surface area contributed by atoms with Gasteiger partial charge in [-0.05, 0) is 36.5 Å². The van der Waals surface area contributed by atoms with Crippen LogP contribution >= 0.6 is 0 Å². The predicted octanol–water partition coefficient (Wildman–Crippen LogP) is 3.15. The molecule has 4 heteroatoms. The van der Waals surface area contributed by atoms with E-state index in [9.17, 15) is 8.42 Å². The van der Waals surface area contributed by atoms with Crippen molar-refractivity contribution < 1.29 is 13.0 Å². The minimum Gasteiger partial charge on any atom is -0.282 e. The number of hydrogen-bond acceptors (Lipinski definition) is 2. The Kier molecular flexibility index (Phi) is 4.10. The quantitative estimate of drug-likeness (QED) is 0.825. The fraction of sp³-hybridized carbons (Fsp3) is 0.500. The van der Waals surface area contributed by atoms with Gasteiger partial charge in [-0.3, -0.25) is 4.55 Å². The Bertz CT molecular complexity index is 463. The number of hydrogen-bond donors (Lipinski definition) is 1. The van der Waals surface area contributed by atoms with E-state index in [1.807, 2.05) is 6.07 Å². The molecule has 0 amide bonds. The molecule has 1 unspecified atom stereocenters. The highest BCUT2D eigenvalue weighted by molar-refractivity contribution is 7.85. The largest absolute Gasteiger partial charge is 0.294 e. The van der Waals surface area contributed by atoms with Gasteiger partial charge >= 0.3 is 0 Å². The van der Waals surface area contributed by atoms with E-state index in [4.69, 9.17) is 4.55 Å². The zero-order valence-corrected chi connectivity index (χ0v) is 10.7. The highest BCUT2D eigenvalue weighted by atomic mass is 32.2. The number of rotatable bonds is 4. The molecule has 0 aliphatic carbocycles. The van der Waals surface area contributed by atoms with E-state index in [0.29, 0.717) is 11.5 Å². The van der Waals surface area contributed by atoms with Gasteiger partial charge in [0.05, 0.1) is 4.90 Å². The summed E-state index contributed by atoms with van der Waals surface area (Å²) in [5.41, 5.74) is 1.54. The Labute approximate surface area is 97.2 Å². The van der Waals surface area contributed by atoms with Crippen molar-refractivity contribution in [3.8, 4) is 0 Å². The Morgan fingerprint density at radius 3 is 2.50 bits per heavy atom. The molecule has 0 bridgehead atoms. The second-order valence-electron chi connectivity index (χ2n) is 4.19. The fourth-order valence-electron chi connectivity index (χ4n) is 1.80. The van der Waals surface area contributed by atoms with Gasteiger partial charge in [0.2, 0.25) is 0 Å². The summed E-state index contributed by atoms with van der Waals surface area (Å²) >= 11 is 0. The summed E-state index contributed by atoms with van der Waals surface area (Å²) in [5.74, 6) is 0.311. The van der Waals surface area contributed by atoms with Gasteiger partial charge in [0.25, 0.3) is 10.1 Å². The Morgan fingerprint density at radius 2 is 2.00 bits per heavy atom. The third-order valence-corrected chi connectivity index (χ3v) is 3.78. The maximum absolute atomic E-state index is 11.1. The Hall–Kier alpha value is -0.870. The molecule has 16 heavy (non-hydrogen) atoms. The summed E-state index contributed by atoms with van der Waals surface area (Å²) in [6, 6.07) is 5.24. The van der Waals surface area contributed by atoms with Crippen LogP contribution in [-0.4, -0.2) is 13.0 Å². The third kappa shape index (κ3) is 3.06. The van der Waals surface area contributed by atoms with Crippen molar-refractivity contribution in [1.29, 1.82) is 0 Å². The topological polar surface area (TPSA) is 54.4 Å². The van der Waals surface area contributed by atoms with Gasteiger partial charge in [0.1, 0.15) is 0 Å². The van der Waals surface area contributed by atoms with Crippen LogP contribution < -0.4 is 0 Å². The minimum absolute atomic E-state index is 0.0213. The Morgan fingerprint density at radius 1 is 1.38 bits per heavy atom. The summed E-state index contributed by atoms with van der Waals surface area (Å²) in [6.45, 7) is 5.83. The van der Waals surface area contributed by atoms with E-state index in [-0.39, 0.29) is 4.90 Å². The predicted molar refractivity (Wildman–Crippen MR) is 64.3 cm³/mol. The first kappa shape index (κ1) is 13.2. The van der Waals surface area contributed by atoms with Crippen LogP contribution in [0, 0.1) is 6.92 Å². The zero-order chi connectivity index (χ0) is 12.3. The lowest BCUT2D eigenvalue weighted by molar-refractivity contribution is 0.482. The SMILES string of the molecule is CCCC(C)c1ccc(C)c(S(=O)(=O)O)c1. The standard InChI is InChI=1S/C12H18O3S/c1-4-5-9(2)11-7-6-10(3)12(8-11)16(13,14)15/h6-9H,4-5H2,1-3H3,(H,13,14,15). The molecule has 3 nitrogen and oxygen atoms in total. The molecule has 0 spiro atoms.